The second-order valence-corrected chi connectivity index (χ2v) is 8.48. The van der Waals surface area contributed by atoms with E-state index in [1.165, 1.54) is 0 Å². The second kappa shape index (κ2) is 9.06. The van der Waals surface area contributed by atoms with E-state index < -0.39 is 0 Å². The number of aromatic nitrogens is 4. The van der Waals surface area contributed by atoms with Crippen LogP contribution in [0.2, 0.25) is 0 Å². The average molecular weight is 429 g/mol. The summed E-state index contributed by atoms with van der Waals surface area (Å²) in [5.74, 6) is 0. The Bertz CT molecular complexity index is 1250. The zero-order valence-corrected chi connectivity index (χ0v) is 18.4. The summed E-state index contributed by atoms with van der Waals surface area (Å²) >= 11 is 0. The molecule has 1 aromatic carbocycles. The quantitative estimate of drug-likeness (QED) is 0.473. The van der Waals surface area contributed by atoms with E-state index in [9.17, 15) is 4.79 Å². The fourth-order valence-electron chi connectivity index (χ4n) is 4.25. The molecule has 32 heavy (non-hydrogen) atoms. The van der Waals surface area contributed by atoms with Gasteiger partial charge in [0.15, 0.2) is 5.65 Å². The maximum Gasteiger partial charge on any atom is 0.251 e. The van der Waals surface area contributed by atoms with Gasteiger partial charge in [0.1, 0.15) is 0 Å². The van der Waals surface area contributed by atoms with Crippen LogP contribution >= 0.6 is 0 Å². The molecule has 0 bridgehead atoms. The predicted molar refractivity (Wildman–Crippen MR) is 127 cm³/mol. The molecule has 0 amide bonds. The van der Waals surface area contributed by atoms with Crippen molar-refractivity contribution in [2.45, 2.75) is 13.0 Å². The second-order valence-electron chi connectivity index (χ2n) is 8.48. The third-order valence-corrected chi connectivity index (χ3v) is 6.24. The average Bonchev–Trinajstić information content (AvgIpc) is 3.25. The number of rotatable bonds is 6. The number of hydrogen-bond donors (Lipinski definition) is 0. The van der Waals surface area contributed by atoms with Crippen LogP contribution < -0.4 is 5.56 Å². The highest BCUT2D eigenvalue weighted by Gasteiger charge is 2.13. The van der Waals surface area contributed by atoms with Crippen LogP contribution in [0.1, 0.15) is 6.42 Å². The topological polar surface area (TPSA) is 58.7 Å². The summed E-state index contributed by atoms with van der Waals surface area (Å²) in [5, 5.41) is 4.47. The van der Waals surface area contributed by atoms with Crippen LogP contribution in [0.3, 0.4) is 0 Å². The smallest absolute Gasteiger partial charge is 0.251 e. The standard InChI is InChI=1S/C25H28N6O/c1-28-12-14-29(15-13-28)9-5-10-30-11-8-21(16-24(30)32)22-17-26-25-23(18-27-31(25)19-22)20-6-3-2-4-7-20/h2-4,6-8,11,16-19H,5,9-10,12-15H2,1H3. The number of likely N-dealkylation sites (N-methyl/N-ethyl adjacent to an activating group) is 1. The van der Waals surface area contributed by atoms with E-state index in [-0.39, 0.29) is 5.56 Å². The lowest BCUT2D eigenvalue weighted by molar-refractivity contribution is 0.151. The van der Waals surface area contributed by atoms with E-state index in [0.29, 0.717) is 0 Å². The van der Waals surface area contributed by atoms with Crippen LogP contribution in [0.5, 0.6) is 0 Å². The molecule has 1 aliphatic heterocycles. The van der Waals surface area contributed by atoms with E-state index in [1.807, 2.05) is 49.1 Å². The Morgan fingerprint density at radius 3 is 2.50 bits per heavy atom. The van der Waals surface area contributed by atoms with Crippen LogP contribution in [0, 0.1) is 0 Å². The van der Waals surface area contributed by atoms with Gasteiger partial charge in [-0.05, 0) is 37.2 Å². The lowest BCUT2D eigenvalue weighted by Gasteiger charge is -2.32. The maximum absolute atomic E-state index is 12.7. The molecule has 0 aliphatic carbocycles. The Morgan fingerprint density at radius 1 is 0.906 bits per heavy atom. The first-order valence-electron chi connectivity index (χ1n) is 11.2. The van der Waals surface area contributed by atoms with Gasteiger partial charge in [-0.1, -0.05) is 30.3 Å². The normalized spacial score (nSPS) is 15.4. The van der Waals surface area contributed by atoms with Gasteiger partial charge in [-0.15, -0.1) is 0 Å². The zero-order valence-electron chi connectivity index (χ0n) is 18.4. The summed E-state index contributed by atoms with van der Waals surface area (Å²) in [7, 11) is 2.17. The lowest BCUT2D eigenvalue weighted by atomic mass is 10.1. The predicted octanol–water partition coefficient (Wildman–Crippen LogP) is 2.86. The van der Waals surface area contributed by atoms with Gasteiger partial charge >= 0.3 is 0 Å². The molecule has 0 N–H and O–H groups in total. The minimum Gasteiger partial charge on any atom is -0.315 e. The van der Waals surface area contributed by atoms with Gasteiger partial charge in [0.2, 0.25) is 0 Å². The summed E-state index contributed by atoms with van der Waals surface area (Å²) in [6.45, 7) is 6.23. The van der Waals surface area contributed by atoms with Crippen LogP contribution in [0.15, 0.2) is 72.0 Å². The highest BCUT2D eigenvalue weighted by atomic mass is 16.1. The molecule has 0 atom stereocenters. The summed E-state index contributed by atoms with van der Waals surface area (Å²) in [4.78, 5) is 22.2. The van der Waals surface area contributed by atoms with Crippen molar-refractivity contribution < 1.29 is 0 Å². The number of nitrogens with zero attached hydrogens (tertiary/aromatic N) is 6. The molecule has 4 heterocycles. The van der Waals surface area contributed by atoms with Crippen molar-refractivity contribution in [2.24, 2.45) is 0 Å². The first-order chi connectivity index (χ1) is 15.7. The van der Waals surface area contributed by atoms with E-state index >= 15 is 0 Å². The molecule has 7 heteroatoms. The Morgan fingerprint density at radius 2 is 1.72 bits per heavy atom. The molecule has 164 valence electrons. The molecule has 7 nitrogen and oxygen atoms in total. The van der Waals surface area contributed by atoms with Gasteiger partial charge in [0.05, 0.1) is 6.20 Å². The van der Waals surface area contributed by atoms with Gasteiger partial charge < -0.3 is 14.4 Å². The third kappa shape index (κ3) is 4.35. The minimum absolute atomic E-state index is 0.0198. The molecule has 3 aromatic heterocycles. The molecule has 0 saturated carbocycles. The van der Waals surface area contributed by atoms with Crippen LogP contribution in [-0.2, 0) is 6.54 Å². The van der Waals surface area contributed by atoms with E-state index in [0.717, 1.165) is 73.6 Å². The van der Waals surface area contributed by atoms with Crippen molar-refractivity contribution in [3.63, 3.8) is 0 Å². The monoisotopic (exact) mass is 428 g/mol. The van der Waals surface area contributed by atoms with Gasteiger partial charge in [-0.3, -0.25) is 4.79 Å². The highest BCUT2D eigenvalue weighted by Crippen LogP contribution is 2.24. The van der Waals surface area contributed by atoms with Crippen molar-refractivity contribution in [1.29, 1.82) is 0 Å². The van der Waals surface area contributed by atoms with Crippen molar-refractivity contribution in [1.82, 2.24) is 29.0 Å². The number of hydrogen-bond acceptors (Lipinski definition) is 5. The van der Waals surface area contributed by atoms with E-state index in [4.69, 9.17) is 0 Å². The van der Waals surface area contributed by atoms with Crippen molar-refractivity contribution in [2.75, 3.05) is 39.8 Å². The van der Waals surface area contributed by atoms with Crippen molar-refractivity contribution in [3.8, 4) is 22.3 Å². The zero-order chi connectivity index (χ0) is 21.9. The van der Waals surface area contributed by atoms with Crippen molar-refractivity contribution >= 4 is 5.65 Å². The minimum atomic E-state index is 0.0198. The fraction of sp³-hybridized carbons (Fsp3) is 0.320. The summed E-state index contributed by atoms with van der Waals surface area (Å²) < 4.78 is 3.58. The molecule has 4 aromatic rings. The Kier molecular flexibility index (Phi) is 5.83. The molecule has 1 fully saturated rings. The summed E-state index contributed by atoms with van der Waals surface area (Å²) in [6.07, 6.45) is 8.45. The number of aryl methyl sites for hydroxylation is 1. The van der Waals surface area contributed by atoms with Crippen LogP contribution in [-0.4, -0.2) is 68.7 Å². The molecule has 1 aliphatic rings. The number of benzene rings is 1. The largest absolute Gasteiger partial charge is 0.315 e. The van der Waals surface area contributed by atoms with E-state index in [1.54, 1.807) is 15.1 Å². The maximum atomic E-state index is 12.7. The highest BCUT2D eigenvalue weighted by molar-refractivity contribution is 5.77. The summed E-state index contributed by atoms with van der Waals surface area (Å²) in [6, 6.07) is 13.8. The van der Waals surface area contributed by atoms with E-state index in [2.05, 4.69) is 39.1 Å². The number of pyridine rings is 1. The molecule has 0 unspecified atom stereocenters. The molecular weight excluding hydrogens is 400 g/mol. The number of fused-ring (bicyclic) bond motifs is 1. The SMILES string of the molecule is CN1CCN(CCCn2ccc(-c3cnc4c(-c5ccccc5)cnn4c3)cc2=O)CC1. The Hall–Kier alpha value is -3.29. The molecular formula is C25H28N6O. The first kappa shape index (κ1) is 20.6. The fourth-order valence-corrected chi connectivity index (χ4v) is 4.25. The molecule has 0 radical (unpaired) electrons. The third-order valence-electron chi connectivity index (χ3n) is 6.24. The van der Waals surface area contributed by atoms with Gasteiger partial charge in [0, 0.05) is 68.5 Å². The van der Waals surface area contributed by atoms with Crippen molar-refractivity contribution in [3.05, 3.63) is 77.6 Å². The number of piperazine rings is 1. The Balaban J connectivity index is 1.29. The summed E-state index contributed by atoms with van der Waals surface area (Å²) in [5.41, 5.74) is 4.64. The van der Waals surface area contributed by atoms with Gasteiger partial charge in [-0.25, -0.2) is 9.50 Å². The van der Waals surface area contributed by atoms with Crippen LogP contribution in [0.25, 0.3) is 27.9 Å². The molecule has 0 spiro atoms. The lowest BCUT2D eigenvalue weighted by Crippen LogP contribution is -2.44. The Labute approximate surface area is 187 Å². The molecule has 1 saturated heterocycles. The van der Waals surface area contributed by atoms with Crippen LogP contribution in [0.4, 0.5) is 0 Å². The molecule has 5 rings (SSSR count). The van der Waals surface area contributed by atoms with Gasteiger partial charge in [-0.2, -0.15) is 5.10 Å². The first-order valence-corrected chi connectivity index (χ1v) is 11.2. The van der Waals surface area contributed by atoms with Gasteiger partial charge in [0.25, 0.3) is 5.56 Å².